The minimum atomic E-state index is -2.75. The first-order valence-corrected chi connectivity index (χ1v) is 19.3. The van der Waals surface area contributed by atoms with E-state index in [2.05, 4.69) is 32.1 Å². The van der Waals surface area contributed by atoms with Gasteiger partial charge in [-0.05, 0) is 48.2 Å². The molecular formula is C46H12AgF20N4O-. The molecule has 374 valence electrons. The molecule has 2 N–H and O–H groups in total. The van der Waals surface area contributed by atoms with E-state index in [0.717, 1.165) is 6.92 Å². The summed E-state index contributed by atoms with van der Waals surface area (Å²) < 4.78 is 311. The maximum atomic E-state index is 16.0. The summed E-state index contributed by atoms with van der Waals surface area (Å²) in [5.74, 6) is -54.5. The predicted molar refractivity (Wildman–Crippen MR) is 204 cm³/mol. The van der Waals surface area contributed by atoms with Crippen LogP contribution >= 0.6 is 0 Å². The second-order valence-corrected chi connectivity index (χ2v) is 14.7. The van der Waals surface area contributed by atoms with Crippen LogP contribution in [0.1, 0.15) is 40.4 Å². The molecule has 72 heavy (non-hydrogen) atoms. The molecule has 3 aliphatic rings. The van der Waals surface area contributed by atoms with Crippen molar-refractivity contribution in [2.24, 2.45) is 9.98 Å². The Labute approximate surface area is 401 Å². The van der Waals surface area contributed by atoms with Crippen molar-refractivity contribution in [2.45, 2.75) is 6.92 Å². The van der Waals surface area contributed by atoms with Gasteiger partial charge in [0.05, 0.1) is 17.9 Å². The summed E-state index contributed by atoms with van der Waals surface area (Å²) in [7, 11) is 0. The molecule has 26 heteroatoms. The summed E-state index contributed by atoms with van der Waals surface area (Å²) in [6, 6.07) is 3.41. The molecule has 0 saturated heterocycles. The van der Waals surface area contributed by atoms with Gasteiger partial charge >= 0.3 is 22.4 Å². The van der Waals surface area contributed by atoms with Gasteiger partial charge in [0.15, 0.2) is 111 Å². The van der Waals surface area contributed by atoms with Gasteiger partial charge in [-0.2, -0.15) is 0 Å². The number of nitrogens with zero attached hydrogens (tertiary/aromatic N) is 2. The zero-order valence-electron chi connectivity index (χ0n) is 34.3. The van der Waals surface area contributed by atoms with Crippen LogP contribution in [0.3, 0.4) is 0 Å². The van der Waals surface area contributed by atoms with Crippen molar-refractivity contribution < 1.29 is 115 Å². The molecule has 4 aromatic carbocycles. The number of hydrogen-bond acceptors (Lipinski definition) is 3. The van der Waals surface area contributed by atoms with Crippen molar-refractivity contribution >= 4 is 33.9 Å². The van der Waals surface area contributed by atoms with E-state index in [-0.39, 0.29) is 22.4 Å². The van der Waals surface area contributed by atoms with Crippen LogP contribution in [0.5, 0.6) is 0 Å². The predicted octanol–water partition coefficient (Wildman–Crippen LogP) is 10.7. The Morgan fingerprint density at radius 1 is 0.458 bits per heavy atom. The third kappa shape index (κ3) is 7.45. The second-order valence-electron chi connectivity index (χ2n) is 14.7. The number of ether oxygens (including phenoxy) is 1. The van der Waals surface area contributed by atoms with Gasteiger partial charge in [-0.15, -0.1) is 17.7 Å². The summed E-state index contributed by atoms with van der Waals surface area (Å²) in [5, 5.41) is -1.93. The van der Waals surface area contributed by atoms with Gasteiger partial charge in [-0.3, -0.25) is 9.98 Å². The molecule has 0 amide bonds. The van der Waals surface area contributed by atoms with E-state index in [1.807, 2.05) is 0 Å². The average molecular weight is 1120 g/mol. The zero-order valence-corrected chi connectivity index (χ0v) is 35.7. The first-order valence-electron chi connectivity index (χ1n) is 19.3. The van der Waals surface area contributed by atoms with Crippen molar-refractivity contribution in [2.75, 3.05) is 6.61 Å². The molecule has 3 aliphatic heterocycles. The number of halogens is 20. The Balaban J connectivity index is 0.00000693. The van der Waals surface area contributed by atoms with Crippen LogP contribution in [0.15, 0.2) is 57.4 Å². The van der Waals surface area contributed by atoms with E-state index in [1.165, 1.54) is 0 Å². The molecule has 2 aromatic heterocycles. The number of aromatic nitrogens is 2. The molecule has 5 nitrogen and oxygen atoms in total. The molecule has 6 aromatic rings. The molecule has 9 rings (SSSR count). The number of allylic oxidation sites excluding steroid dienone is 3. The summed E-state index contributed by atoms with van der Waals surface area (Å²) in [6.45, 7) is 0.544. The fraction of sp³-hybridized carbons (Fsp3) is 0.0435. The minimum absolute atomic E-state index is 0. The number of fused-ring (bicyclic) bond motifs is 6. The Hall–Kier alpha value is -7.38. The van der Waals surface area contributed by atoms with E-state index in [9.17, 15) is 26.3 Å². The van der Waals surface area contributed by atoms with Crippen LogP contribution < -0.4 is 10.7 Å². The monoisotopic (exact) mass is 1120 g/mol. The van der Waals surface area contributed by atoms with Crippen LogP contribution in [-0.4, -0.2) is 28.2 Å². The topological polar surface area (TPSA) is 65.5 Å². The third-order valence-electron chi connectivity index (χ3n) is 10.8. The van der Waals surface area contributed by atoms with Gasteiger partial charge in [0, 0.05) is 38.7 Å². The molecule has 0 spiro atoms. The zero-order chi connectivity index (χ0) is 51.6. The molecule has 5 heterocycles. The van der Waals surface area contributed by atoms with E-state index in [4.69, 9.17) is 4.74 Å². The number of H-pyrrole nitrogens is 2. The van der Waals surface area contributed by atoms with Gasteiger partial charge in [0.1, 0.15) is 5.90 Å². The van der Waals surface area contributed by atoms with Crippen molar-refractivity contribution in [3.05, 3.63) is 220 Å². The molecule has 0 unspecified atom stereocenters. The van der Waals surface area contributed by atoms with E-state index < -0.39 is 218 Å². The van der Waals surface area contributed by atoms with E-state index in [0.29, 0.717) is 30.5 Å². The van der Waals surface area contributed by atoms with Crippen molar-refractivity contribution in [3.63, 3.8) is 0 Å². The molecule has 0 atom stereocenters. The normalized spacial score (nSPS) is 14.4. The largest absolute Gasteiger partial charge is 1.00 e. The first-order chi connectivity index (χ1) is 33.5. The standard InChI is InChI=1S/C46H12F20N4O.Ag/c1-2-71-46-11-8-17(70-46)21(25-32(53)40(61)45(66)41(62)33(25)54)16-7-10(9-67-16)18(22-26(47)34(55)42(63)35(56)27(22)48)12-3-5-14(68-12)20(24-30(51)38(59)44(65)39(60)31(24)52)15-6-4-13(69-15)19(11)23-28(49)36(57)43(64)37(58)29(23)50;/h3-6,9,67-68H,2H2,1H3;/q-2;+1. The average Bonchev–Trinajstić information content (AvgIpc) is 4.21. The third-order valence-corrected chi connectivity index (χ3v) is 10.8. The quantitative estimate of drug-likeness (QED) is 0.0584. The van der Waals surface area contributed by atoms with E-state index >= 15 is 61.5 Å². The maximum Gasteiger partial charge on any atom is 1.00 e. The fourth-order valence-electron chi connectivity index (χ4n) is 7.69. The van der Waals surface area contributed by atoms with Crippen LogP contribution in [0.4, 0.5) is 87.8 Å². The Kier molecular flexibility index (Phi) is 13.0. The van der Waals surface area contributed by atoms with Crippen molar-refractivity contribution in [1.29, 1.82) is 0 Å². The summed E-state index contributed by atoms with van der Waals surface area (Å²) in [4.78, 5) is 12.2. The summed E-state index contributed by atoms with van der Waals surface area (Å²) in [6.07, 6.45) is 3.76. The van der Waals surface area contributed by atoms with Gasteiger partial charge in [-0.1, -0.05) is 22.9 Å². The summed E-state index contributed by atoms with van der Waals surface area (Å²) >= 11 is 0. The first kappa shape index (κ1) is 51.0. The minimum Gasteiger partial charge on any atom is -0.520 e. The Bertz CT molecular complexity index is 3670. The maximum absolute atomic E-state index is 16.0. The van der Waals surface area contributed by atoms with Gasteiger partial charge in [-0.25, -0.2) is 87.8 Å². The fourth-order valence-corrected chi connectivity index (χ4v) is 7.69. The Morgan fingerprint density at radius 3 is 1.26 bits per heavy atom. The number of benzene rings is 4. The van der Waals surface area contributed by atoms with Gasteiger partial charge in [0.2, 0.25) is 5.82 Å². The number of aliphatic imine (C=N–C) groups is 2. The van der Waals surface area contributed by atoms with Gasteiger partial charge < -0.3 is 14.7 Å². The number of aromatic amines is 2. The van der Waals surface area contributed by atoms with E-state index in [1.54, 1.807) is 0 Å². The smallest absolute Gasteiger partial charge is 0.520 e. The molecule has 8 bridgehead atoms. The number of rotatable bonds is 5. The Morgan fingerprint density at radius 2 is 0.833 bits per heavy atom. The van der Waals surface area contributed by atoms with Crippen molar-refractivity contribution in [1.82, 2.24) is 9.97 Å². The second kappa shape index (κ2) is 18.3. The molecule has 0 radical (unpaired) electrons. The molecule has 0 aliphatic carbocycles. The SMILES string of the molecule is CCOC1=NC2=C(c3c(F)c(F)c(F)c(F)c3F)c3[c-]c(c[nH]3)C(c3c(F)c(F)c(F)c(F)c3F)=c3ccc([nH]3)=C(c3c(F)c(F)c(F)c(F)c3F)C3=NC(=C(c4c(F)c(F)c(F)c(F)c4F)C1=[C-]2)C=C3.[Ag+]. The number of hydrogen-bond donors (Lipinski definition) is 2. The van der Waals surface area contributed by atoms with Crippen LogP contribution in [0.25, 0.3) is 22.3 Å². The molecule has 0 fully saturated rings. The van der Waals surface area contributed by atoms with Crippen LogP contribution in [-0.2, 0) is 27.1 Å². The van der Waals surface area contributed by atoms with Crippen LogP contribution in [0, 0.1) is 128 Å². The van der Waals surface area contributed by atoms with Crippen LogP contribution in [0.2, 0.25) is 0 Å². The molecular weight excluding hydrogens is 1110 g/mol. The molecule has 0 saturated carbocycles. The summed E-state index contributed by atoms with van der Waals surface area (Å²) in [5.41, 5.74) is -20.0. The number of nitrogens with one attached hydrogen (secondary N) is 2. The van der Waals surface area contributed by atoms with Crippen molar-refractivity contribution in [3.8, 4) is 0 Å². The van der Waals surface area contributed by atoms with Gasteiger partial charge in [0.25, 0.3) is 0 Å².